The van der Waals surface area contributed by atoms with Gasteiger partial charge in [0.15, 0.2) is 0 Å². The molecule has 2 heterocycles. The molecule has 32 heavy (non-hydrogen) atoms. The summed E-state index contributed by atoms with van der Waals surface area (Å²) in [7, 11) is 0. The average Bonchev–Trinajstić information content (AvgIpc) is 3.40. The predicted molar refractivity (Wildman–Crippen MR) is 120 cm³/mol. The molecule has 3 aliphatic rings. The molecule has 3 fully saturated rings. The Kier molecular flexibility index (Phi) is 6.04. The van der Waals surface area contributed by atoms with E-state index in [1.165, 1.54) is 0 Å². The average molecular weight is 441 g/mol. The number of piperidine rings is 1. The van der Waals surface area contributed by atoms with E-state index < -0.39 is 5.60 Å². The summed E-state index contributed by atoms with van der Waals surface area (Å²) in [5, 5.41) is 15.6. The maximum Gasteiger partial charge on any atom is 0.410 e. The van der Waals surface area contributed by atoms with Crippen LogP contribution in [0.2, 0.25) is 0 Å². The fourth-order valence-corrected chi connectivity index (χ4v) is 4.49. The number of carbonyl (C=O) groups is 2. The monoisotopic (exact) mass is 440 g/mol. The Morgan fingerprint density at radius 3 is 2.59 bits per heavy atom. The van der Waals surface area contributed by atoms with Crippen molar-refractivity contribution in [1.29, 1.82) is 5.26 Å². The van der Waals surface area contributed by atoms with Crippen LogP contribution in [0.25, 0.3) is 0 Å². The molecule has 0 bridgehead atoms. The number of ether oxygens (including phenoxy) is 2. The lowest BCUT2D eigenvalue weighted by Gasteiger charge is -2.34. The van der Waals surface area contributed by atoms with Crippen LogP contribution in [0, 0.1) is 22.7 Å². The summed E-state index contributed by atoms with van der Waals surface area (Å²) in [6.45, 7) is 8.25. The molecular formula is C24H32N4O4. The number of carbonyl (C=O) groups excluding carboxylic acids is 2. The van der Waals surface area contributed by atoms with Crippen molar-refractivity contribution in [3.05, 3.63) is 23.8 Å². The third-order valence-electron chi connectivity index (χ3n) is 6.64. The number of hydrogen-bond donors (Lipinski definition) is 2. The summed E-state index contributed by atoms with van der Waals surface area (Å²) in [5.74, 6) is -0.0508. The van der Waals surface area contributed by atoms with Gasteiger partial charge >= 0.3 is 6.09 Å². The van der Waals surface area contributed by atoms with Crippen molar-refractivity contribution in [3.63, 3.8) is 0 Å². The van der Waals surface area contributed by atoms with Gasteiger partial charge in [-0.15, -0.1) is 0 Å². The molecule has 1 aromatic rings. The zero-order valence-corrected chi connectivity index (χ0v) is 19.1. The summed E-state index contributed by atoms with van der Waals surface area (Å²) in [6, 6.07) is 7.40. The molecule has 1 spiro atoms. The van der Waals surface area contributed by atoms with Crippen LogP contribution in [0.4, 0.5) is 16.2 Å². The van der Waals surface area contributed by atoms with E-state index >= 15 is 0 Å². The van der Waals surface area contributed by atoms with Crippen molar-refractivity contribution in [2.24, 2.45) is 11.3 Å². The zero-order chi connectivity index (χ0) is 22.9. The molecule has 1 aliphatic carbocycles. The first-order valence-electron chi connectivity index (χ1n) is 11.4. The topological polar surface area (TPSA) is 104 Å². The zero-order valence-electron chi connectivity index (χ0n) is 19.1. The minimum absolute atomic E-state index is 0.00312. The van der Waals surface area contributed by atoms with E-state index in [0.29, 0.717) is 30.9 Å². The maximum absolute atomic E-state index is 13.0. The summed E-state index contributed by atoms with van der Waals surface area (Å²) in [4.78, 5) is 27.1. The van der Waals surface area contributed by atoms with Crippen molar-refractivity contribution < 1.29 is 19.1 Å². The van der Waals surface area contributed by atoms with Crippen LogP contribution >= 0.6 is 0 Å². The van der Waals surface area contributed by atoms with Crippen LogP contribution in [0.3, 0.4) is 0 Å². The molecule has 2 aliphatic heterocycles. The third-order valence-corrected chi connectivity index (χ3v) is 6.64. The number of amides is 2. The lowest BCUT2D eigenvalue weighted by atomic mass is 9.90. The fourth-order valence-electron chi connectivity index (χ4n) is 4.49. The smallest absolute Gasteiger partial charge is 0.410 e. The molecule has 2 saturated heterocycles. The van der Waals surface area contributed by atoms with Gasteiger partial charge in [-0.3, -0.25) is 4.79 Å². The maximum atomic E-state index is 13.0. The van der Waals surface area contributed by atoms with Gasteiger partial charge in [-0.25, -0.2) is 4.79 Å². The van der Waals surface area contributed by atoms with Gasteiger partial charge in [0.1, 0.15) is 5.60 Å². The highest BCUT2D eigenvalue weighted by Crippen LogP contribution is 2.59. The second-order valence-corrected chi connectivity index (χ2v) is 10.1. The molecule has 2 amide bonds. The van der Waals surface area contributed by atoms with Gasteiger partial charge in [0.25, 0.3) is 0 Å². The van der Waals surface area contributed by atoms with Crippen molar-refractivity contribution in [2.45, 2.75) is 58.2 Å². The van der Waals surface area contributed by atoms with Crippen molar-refractivity contribution >= 4 is 23.4 Å². The van der Waals surface area contributed by atoms with Crippen LogP contribution in [-0.2, 0) is 14.3 Å². The summed E-state index contributed by atoms with van der Waals surface area (Å²) in [6.07, 6.45) is 3.36. The van der Waals surface area contributed by atoms with Crippen LogP contribution in [0.15, 0.2) is 18.2 Å². The third kappa shape index (κ3) is 4.99. The quantitative estimate of drug-likeness (QED) is 0.723. The minimum Gasteiger partial charge on any atom is -0.444 e. The van der Waals surface area contributed by atoms with Gasteiger partial charge in [0.05, 0.1) is 29.1 Å². The number of anilines is 2. The molecule has 0 radical (unpaired) electrons. The van der Waals surface area contributed by atoms with E-state index in [-0.39, 0.29) is 29.4 Å². The number of benzene rings is 1. The Morgan fingerprint density at radius 1 is 1.28 bits per heavy atom. The van der Waals surface area contributed by atoms with Gasteiger partial charge in [-0.05, 0) is 70.1 Å². The summed E-state index contributed by atoms with van der Waals surface area (Å²) >= 11 is 0. The van der Waals surface area contributed by atoms with Crippen LogP contribution in [-0.4, -0.2) is 54.8 Å². The summed E-state index contributed by atoms with van der Waals surface area (Å²) < 4.78 is 10.9. The van der Waals surface area contributed by atoms with E-state index in [1.807, 2.05) is 20.8 Å². The molecule has 0 aromatic heterocycles. The highest BCUT2D eigenvalue weighted by molar-refractivity contribution is 5.98. The molecule has 2 atom stereocenters. The molecule has 8 heteroatoms. The Morgan fingerprint density at radius 2 is 2.00 bits per heavy atom. The lowest BCUT2D eigenvalue weighted by Crippen LogP contribution is -2.43. The molecule has 0 unspecified atom stereocenters. The largest absolute Gasteiger partial charge is 0.444 e. The predicted octanol–water partition coefficient (Wildman–Crippen LogP) is 3.73. The number of rotatable bonds is 5. The van der Waals surface area contributed by atoms with Crippen molar-refractivity contribution in [3.8, 4) is 6.07 Å². The highest BCUT2D eigenvalue weighted by atomic mass is 16.6. The minimum atomic E-state index is -0.508. The second kappa shape index (κ2) is 8.62. The molecule has 2 N–H and O–H groups in total. The summed E-state index contributed by atoms with van der Waals surface area (Å²) in [5.41, 5.74) is 1.43. The fraction of sp³-hybridized carbons (Fsp3) is 0.625. The molecule has 1 saturated carbocycles. The van der Waals surface area contributed by atoms with Gasteiger partial charge in [-0.1, -0.05) is 0 Å². The molecule has 8 nitrogen and oxygen atoms in total. The van der Waals surface area contributed by atoms with Crippen LogP contribution in [0.1, 0.15) is 52.0 Å². The number of hydrogen-bond acceptors (Lipinski definition) is 6. The van der Waals surface area contributed by atoms with Gasteiger partial charge in [0, 0.05) is 32.2 Å². The van der Waals surface area contributed by atoms with Crippen molar-refractivity contribution in [1.82, 2.24) is 4.90 Å². The molecular weight excluding hydrogens is 408 g/mol. The Balaban J connectivity index is 1.33. The molecule has 1 aromatic carbocycles. The first kappa shape index (κ1) is 22.4. The SMILES string of the molecule is CC(C)(C)OC(=O)N1CCC2(CC1)C[C@H]2C(=O)Nc1ccc(C#N)cc1NC[C@H]1CCO1. The van der Waals surface area contributed by atoms with Gasteiger partial charge in [-0.2, -0.15) is 5.26 Å². The highest BCUT2D eigenvalue weighted by Gasteiger charge is 2.59. The first-order chi connectivity index (χ1) is 15.2. The number of nitriles is 1. The Hall–Kier alpha value is -2.79. The molecule has 4 rings (SSSR count). The molecule has 172 valence electrons. The van der Waals surface area contributed by atoms with E-state index in [9.17, 15) is 14.9 Å². The van der Waals surface area contributed by atoms with Crippen LogP contribution < -0.4 is 10.6 Å². The van der Waals surface area contributed by atoms with E-state index in [4.69, 9.17) is 9.47 Å². The number of likely N-dealkylation sites (tertiary alicyclic amines) is 1. The Bertz CT molecular complexity index is 921. The number of nitrogens with zero attached hydrogens (tertiary/aromatic N) is 2. The second-order valence-electron chi connectivity index (χ2n) is 10.1. The number of nitrogens with one attached hydrogen (secondary N) is 2. The van der Waals surface area contributed by atoms with Gasteiger partial charge < -0.3 is 25.0 Å². The standard InChI is InChI=1S/C24H32N4O4/c1-23(2,3)32-22(30)28-9-7-24(8-10-28)13-18(24)21(29)27-19-5-4-16(14-25)12-20(19)26-15-17-6-11-31-17/h4-5,12,17-18,26H,6-11,13,15H2,1-3H3,(H,27,29)/t17-,18+/m1/s1. The van der Waals surface area contributed by atoms with Gasteiger partial charge in [0.2, 0.25) is 5.91 Å². The Labute approximate surface area is 189 Å². The van der Waals surface area contributed by atoms with E-state index in [1.54, 1.807) is 23.1 Å². The lowest BCUT2D eigenvalue weighted by molar-refractivity contribution is -0.118. The van der Waals surface area contributed by atoms with Crippen molar-refractivity contribution in [2.75, 3.05) is 36.9 Å². The first-order valence-corrected chi connectivity index (χ1v) is 11.4. The normalized spacial score (nSPS) is 23.6. The van der Waals surface area contributed by atoms with E-state index in [0.717, 1.165) is 38.0 Å². The van der Waals surface area contributed by atoms with E-state index in [2.05, 4.69) is 16.7 Å². The van der Waals surface area contributed by atoms with Crippen LogP contribution in [0.5, 0.6) is 0 Å².